The van der Waals surface area contributed by atoms with E-state index in [1.165, 1.54) is 0 Å². The topological polar surface area (TPSA) is 135 Å². The molecule has 194 valence electrons. The number of aliphatic hydroxyl groups is 5. The minimum Gasteiger partial charge on any atom is -0.390 e. The minimum absolute atomic E-state index is 0.0194. The normalized spacial score (nSPS) is 47.4. The molecule has 1 spiro atoms. The molecule has 0 amide bonds. The SMILES string of the molecule is CC(C)(O)CC[C@@H](O)[C@](C)(O)[C@H]1CCC(=O)[C@]23CC(=O)[C@@H]4C[C@@H](O)[C@@H](O)C[C@]4(C)[C@H]2CC[C@]13C. The Kier molecular flexibility index (Phi) is 6.22. The summed E-state index contributed by atoms with van der Waals surface area (Å²) in [4.78, 5) is 27.4. The van der Waals surface area contributed by atoms with Gasteiger partial charge in [-0.1, -0.05) is 13.8 Å². The number of Topliss-reactive ketones (excluding diaryl/α,β-unsaturated/α-hetero) is 2. The van der Waals surface area contributed by atoms with E-state index in [1.807, 2.05) is 13.8 Å². The predicted octanol–water partition coefficient (Wildman–Crippen LogP) is 2.14. The van der Waals surface area contributed by atoms with Crippen molar-refractivity contribution in [2.45, 2.75) is 122 Å². The molecule has 4 fully saturated rings. The Labute approximate surface area is 202 Å². The Balaban J connectivity index is 1.73. The Morgan fingerprint density at radius 1 is 1.06 bits per heavy atom. The molecule has 0 heterocycles. The number of ketones is 2. The van der Waals surface area contributed by atoms with E-state index >= 15 is 0 Å². The number of rotatable bonds is 5. The van der Waals surface area contributed by atoms with Crippen molar-refractivity contribution in [2.75, 3.05) is 0 Å². The third-order valence-corrected chi connectivity index (χ3v) is 10.9. The van der Waals surface area contributed by atoms with Crippen LogP contribution in [0.25, 0.3) is 0 Å². The molecule has 7 heteroatoms. The zero-order chi connectivity index (χ0) is 25.5. The molecule has 0 radical (unpaired) electrons. The van der Waals surface area contributed by atoms with Crippen molar-refractivity contribution < 1.29 is 35.1 Å². The fourth-order valence-corrected chi connectivity index (χ4v) is 9.07. The molecule has 4 aliphatic carbocycles. The van der Waals surface area contributed by atoms with Crippen molar-refractivity contribution in [1.82, 2.24) is 0 Å². The van der Waals surface area contributed by atoms with Gasteiger partial charge in [-0.05, 0) is 88.4 Å². The highest BCUT2D eigenvalue weighted by Crippen LogP contribution is 2.74. The summed E-state index contributed by atoms with van der Waals surface area (Å²) in [6.07, 6.45) is 0.366. The molecule has 0 bridgehead atoms. The van der Waals surface area contributed by atoms with Gasteiger partial charge in [-0.15, -0.1) is 0 Å². The molecule has 7 nitrogen and oxygen atoms in total. The summed E-state index contributed by atoms with van der Waals surface area (Å²) in [7, 11) is 0. The van der Waals surface area contributed by atoms with Crippen LogP contribution in [-0.4, -0.2) is 66.6 Å². The number of carbonyl (C=O) groups is 2. The van der Waals surface area contributed by atoms with Crippen LogP contribution in [0, 0.1) is 34.0 Å². The molecule has 4 rings (SSSR count). The van der Waals surface area contributed by atoms with Gasteiger partial charge >= 0.3 is 0 Å². The molecule has 4 aliphatic rings. The lowest BCUT2D eigenvalue weighted by Gasteiger charge is -2.64. The highest BCUT2D eigenvalue weighted by atomic mass is 16.3. The summed E-state index contributed by atoms with van der Waals surface area (Å²) in [6.45, 7) is 9.02. The molecule has 0 aromatic rings. The predicted molar refractivity (Wildman–Crippen MR) is 126 cm³/mol. The van der Waals surface area contributed by atoms with E-state index in [9.17, 15) is 35.1 Å². The first-order valence-corrected chi connectivity index (χ1v) is 13.1. The van der Waals surface area contributed by atoms with Crippen LogP contribution in [0.2, 0.25) is 0 Å². The Morgan fingerprint density at radius 3 is 2.32 bits per heavy atom. The van der Waals surface area contributed by atoms with Crippen LogP contribution in [0.5, 0.6) is 0 Å². The van der Waals surface area contributed by atoms with Gasteiger partial charge in [0.2, 0.25) is 0 Å². The van der Waals surface area contributed by atoms with Crippen molar-refractivity contribution in [3.05, 3.63) is 0 Å². The zero-order valence-electron chi connectivity index (χ0n) is 21.4. The van der Waals surface area contributed by atoms with Gasteiger partial charge in [0.1, 0.15) is 11.6 Å². The molecule has 0 unspecified atom stereocenters. The fourth-order valence-electron chi connectivity index (χ4n) is 9.07. The second-order valence-electron chi connectivity index (χ2n) is 13.4. The molecule has 5 N–H and O–H groups in total. The smallest absolute Gasteiger partial charge is 0.140 e. The quantitative estimate of drug-likeness (QED) is 0.407. The number of hydrogen-bond donors (Lipinski definition) is 5. The number of aliphatic hydroxyl groups excluding tert-OH is 3. The van der Waals surface area contributed by atoms with Crippen molar-refractivity contribution in [1.29, 1.82) is 0 Å². The summed E-state index contributed by atoms with van der Waals surface area (Å²) in [5.74, 6) is -0.825. The van der Waals surface area contributed by atoms with E-state index in [0.29, 0.717) is 19.3 Å². The van der Waals surface area contributed by atoms with Gasteiger partial charge in [0.05, 0.1) is 29.5 Å². The molecule has 0 aromatic heterocycles. The van der Waals surface area contributed by atoms with Crippen LogP contribution < -0.4 is 0 Å². The first-order chi connectivity index (χ1) is 15.5. The van der Waals surface area contributed by atoms with Gasteiger partial charge in [0.15, 0.2) is 0 Å². The highest BCUT2D eigenvalue weighted by molar-refractivity contribution is 5.96. The standard InChI is InChI=1S/C27H44O7/c1-23(2,33)10-9-21(31)26(5,34)20-6-7-22(32)27-14-17(29)15-12-16(28)18(30)13-24(15,3)19(27)8-11-25(20,27)4/h15-16,18-21,28,30-31,33-34H,6-14H2,1-5H3/t15-,16+,18-,19+,20-,21+,24-,25+,26+,27-/m0/s1. The number of carbonyl (C=O) groups excluding carboxylic acids is 2. The van der Waals surface area contributed by atoms with Gasteiger partial charge in [-0.25, -0.2) is 0 Å². The maximum atomic E-state index is 13.8. The minimum atomic E-state index is -1.48. The van der Waals surface area contributed by atoms with Gasteiger partial charge in [-0.3, -0.25) is 9.59 Å². The maximum Gasteiger partial charge on any atom is 0.140 e. The molecular weight excluding hydrogens is 436 g/mol. The van der Waals surface area contributed by atoms with Crippen molar-refractivity contribution in [3.8, 4) is 0 Å². The Bertz CT molecular complexity index is 846. The first kappa shape index (κ1) is 26.2. The lowest BCUT2D eigenvalue weighted by atomic mass is 9.39. The van der Waals surface area contributed by atoms with E-state index < -0.39 is 45.8 Å². The van der Waals surface area contributed by atoms with Crippen LogP contribution in [0.3, 0.4) is 0 Å². The molecule has 10 atom stereocenters. The lowest BCUT2D eigenvalue weighted by molar-refractivity contribution is -0.211. The Hall–Kier alpha value is -0.860. The molecule has 4 saturated carbocycles. The highest BCUT2D eigenvalue weighted by Gasteiger charge is 2.75. The summed E-state index contributed by atoms with van der Waals surface area (Å²) in [6, 6.07) is 0. The first-order valence-electron chi connectivity index (χ1n) is 13.1. The average Bonchev–Trinajstić information content (AvgIpc) is 3.03. The average molecular weight is 481 g/mol. The fraction of sp³-hybridized carbons (Fsp3) is 0.926. The number of fused-ring (bicyclic) bond motifs is 2. The third-order valence-electron chi connectivity index (χ3n) is 10.9. The summed E-state index contributed by atoms with van der Waals surface area (Å²) < 4.78 is 0. The summed E-state index contributed by atoms with van der Waals surface area (Å²) in [5, 5.41) is 53.8. The monoisotopic (exact) mass is 480 g/mol. The molecular formula is C27H44O7. The van der Waals surface area contributed by atoms with Crippen molar-refractivity contribution in [3.63, 3.8) is 0 Å². The van der Waals surface area contributed by atoms with Gasteiger partial charge in [0.25, 0.3) is 0 Å². The summed E-state index contributed by atoms with van der Waals surface area (Å²) >= 11 is 0. The van der Waals surface area contributed by atoms with Crippen LogP contribution in [0.1, 0.15) is 92.4 Å². The number of hydrogen-bond acceptors (Lipinski definition) is 7. The summed E-state index contributed by atoms with van der Waals surface area (Å²) in [5.41, 5.74) is -4.63. The van der Waals surface area contributed by atoms with E-state index in [0.717, 1.165) is 6.42 Å². The molecule has 0 saturated heterocycles. The van der Waals surface area contributed by atoms with E-state index in [4.69, 9.17) is 0 Å². The Morgan fingerprint density at radius 2 is 1.71 bits per heavy atom. The van der Waals surface area contributed by atoms with Crippen LogP contribution in [-0.2, 0) is 9.59 Å². The van der Waals surface area contributed by atoms with Crippen molar-refractivity contribution in [2.24, 2.45) is 34.0 Å². The van der Waals surface area contributed by atoms with Crippen LogP contribution in [0.15, 0.2) is 0 Å². The third kappa shape index (κ3) is 3.56. The van der Waals surface area contributed by atoms with Crippen LogP contribution >= 0.6 is 0 Å². The second kappa shape index (κ2) is 8.07. The van der Waals surface area contributed by atoms with E-state index in [2.05, 4.69) is 0 Å². The largest absolute Gasteiger partial charge is 0.390 e. The van der Waals surface area contributed by atoms with E-state index in [1.54, 1.807) is 20.8 Å². The van der Waals surface area contributed by atoms with Gasteiger partial charge in [0, 0.05) is 24.2 Å². The zero-order valence-corrected chi connectivity index (χ0v) is 21.4. The molecule has 0 aromatic carbocycles. The lowest BCUT2D eigenvalue weighted by Crippen LogP contribution is -2.67. The molecule has 34 heavy (non-hydrogen) atoms. The van der Waals surface area contributed by atoms with Crippen LogP contribution in [0.4, 0.5) is 0 Å². The molecule has 0 aliphatic heterocycles. The van der Waals surface area contributed by atoms with Gasteiger partial charge < -0.3 is 25.5 Å². The maximum absolute atomic E-state index is 13.8. The second-order valence-corrected chi connectivity index (χ2v) is 13.4. The van der Waals surface area contributed by atoms with Gasteiger partial charge in [-0.2, -0.15) is 0 Å². The van der Waals surface area contributed by atoms with E-state index in [-0.39, 0.29) is 61.4 Å². The van der Waals surface area contributed by atoms with Crippen molar-refractivity contribution >= 4 is 11.6 Å².